The number of aliphatic hydroxyl groups is 1. The molecule has 0 saturated carbocycles. The highest BCUT2D eigenvalue weighted by molar-refractivity contribution is 7.99. The van der Waals surface area contributed by atoms with E-state index >= 15 is 0 Å². The SMILES string of the molecule is CCSc1cccc(C(=O)NCC(O)c2ccsc2)c1. The van der Waals surface area contributed by atoms with E-state index in [4.69, 9.17) is 0 Å². The van der Waals surface area contributed by atoms with E-state index in [1.54, 1.807) is 17.8 Å². The summed E-state index contributed by atoms with van der Waals surface area (Å²) in [5, 5.41) is 16.5. The first-order valence-electron chi connectivity index (χ1n) is 6.42. The van der Waals surface area contributed by atoms with Crippen molar-refractivity contribution in [1.29, 1.82) is 0 Å². The van der Waals surface area contributed by atoms with Gasteiger partial charge in [-0.25, -0.2) is 0 Å². The zero-order chi connectivity index (χ0) is 14.4. The van der Waals surface area contributed by atoms with E-state index in [2.05, 4.69) is 12.2 Å². The Morgan fingerprint density at radius 2 is 2.30 bits per heavy atom. The van der Waals surface area contributed by atoms with Gasteiger partial charge in [0.05, 0.1) is 6.10 Å². The molecule has 3 nitrogen and oxygen atoms in total. The Hall–Kier alpha value is -1.30. The van der Waals surface area contributed by atoms with E-state index in [9.17, 15) is 9.90 Å². The first-order valence-corrected chi connectivity index (χ1v) is 8.34. The number of hydrogen-bond donors (Lipinski definition) is 2. The van der Waals surface area contributed by atoms with Gasteiger partial charge in [-0.15, -0.1) is 11.8 Å². The molecule has 0 aliphatic heterocycles. The maximum atomic E-state index is 12.0. The van der Waals surface area contributed by atoms with Gasteiger partial charge in [-0.05, 0) is 46.3 Å². The van der Waals surface area contributed by atoms with Gasteiger partial charge in [-0.2, -0.15) is 11.3 Å². The molecule has 106 valence electrons. The molecular weight excluding hydrogens is 290 g/mol. The van der Waals surface area contributed by atoms with Gasteiger partial charge in [-0.3, -0.25) is 4.79 Å². The van der Waals surface area contributed by atoms with Crippen LogP contribution in [0, 0.1) is 0 Å². The number of hydrogen-bond acceptors (Lipinski definition) is 4. The molecule has 2 rings (SSSR count). The van der Waals surface area contributed by atoms with Crippen LogP contribution in [-0.4, -0.2) is 23.3 Å². The molecule has 1 aromatic carbocycles. The van der Waals surface area contributed by atoms with Crippen LogP contribution >= 0.6 is 23.1 Å². The summed E-state index contributed by atoms with van der Waals surface area (Å²) in [6, 6.07) is 9.39. The molecule has 1 atom stereocenters. The normalized spacial score (nSPS) is 12.1. The minimum absolute atomic E-state index is 0.155. The van der Waals surface area contributed by atoms with Crippen LogP contribution in [0.25, 0.3) is 0 Å². The Labute approximate surface area is 127 Å². The van der Waals surface area contributed by atoms with Crippen LogP contribution in [0.1, 0.15) is 28.9 Å². The van der Waals surface area contributed by atoms with Crippen molar-refractivity contribution in [2.75, 3.05) is 12.3 Å². The summed E-state index contributed by atoms with van der Waals surface area (Å²) in [7, 11) is 0. The van der Waals surface area contributed by atoms with Crippen LogP contribution in [-0.2, 0) is 0 Å². The highest BCUT2D eigenvalue weighted by Gasteiger charge is 2.11. The van der Waals surface area contributed by atoms with Crippen LogP contribution in [0.15, 0.2) is 46.0 Å². The van der Waals surface area contributed by atoms with Crippen molar-refractivity contribution in [2.24, 2.45) is 0 Å². The fourth-order valence-corrected chi connectivity index (χ4v) is 3.19. The molecule has 1 heterocycles. The van der Waals surface area contributed by atoms with E-state index in [1.807, 2.05) is 35.0 Å². The van der Waals surface area contributed by atoms with Gasteiger partial charge in [0, 0.05) is 17.0 Å². The van der Waals surface area contributed by atoms with Crippen molar-refractivity contribution >= 4 is 29.0 Å². The third-order valence-electron chi connectivity index (χ3n) is 2.79. The number of thioether (sulfide) groups is 1. The third kappa shape index (κ3) is 4.10. The number of thiophene rings is 1. The predicted octanol–water partition coefficient (Wildman–Crippen LogP) is 3.32. The molecule has 0 fully saturated rings. The standard InChI is InChI=1S/C15H17NO2S2/c1-2-20-13-5-3-4-11(8-13)15(18)16-9-14(17)12-6-7-19-10-12/h3-8,10,14,17H,2,9H2,1H3,(H,16,18). The number of aliphatic hydroxyl groups excluding tert-OH is 1. The van der Waals surface area contributed by atoms with Crippen molar-refractivity contribution in [3.63, 3.8) is 0 Å². The summed E-state index contributed by atoms with van der Waals surface area (Å²) in [4.78, 5) is 13.1. The number of amides is 1. The molecule has 2 N–H and O–H groups in total. The minimum Gasteiger partial charge on any atom is -0.387 e. The average molecular weight is 307 g/mol. The highest BCUT2D eigenvalue weighted by atomic mass is 32.2. The van der Waals surface area contributed by atoms with Crippen LogP contribution in [0.5, 0.6) is 0 Å². The fourth-order valence-electron chi connectivity index (χ4n) is 1.77. The summed E-state index contributed by atoms with van der Waals surface area (Å²) < 4.78 is 0. The van der Waals surface area contributed by atoms with Gasteiger partial charge in [0.15, 0.2) is 0 Å². The zero-order valence-electron chi connectivity index (χ0n) is 11.2. The van der Waals surface area contributed by atoms with E-state index in [0.29, 0.717) is 5.56 Å². The maximum Gasteiger partial charge on any atom is 0.251 e. The molecule has 1 aromatic heterocycles. The lowest BCUT2D eigenvalue weighted by atomic mass is 10.2. The van der Waals surface area contributed by atoms with E-state index in [1.165, 1.54) is 11.3 Å². The Kier molecular flexibility index (Phi) is 5.64. The smallest absolute Gasteiger partial charge is 0.251 e. The molecular formula is C15H17NO2S2. The van der Waals surface area contributed by atoms with E-state index < -0.39 is 6.10 Å². The van der Waals surface area contributed by atoms with Crippen LogP contribution in [0.3, 0.4) is 0 Å². The Morgan fingerprint density at radius 3 is 3.00 bits per heavy atom. The molecule has 0 radical (unpaired) electrons. The Morgan fingerprint density at radius 1 is 1.45 bits per heavy atom. The first kappa shape index (κ1) is 15.1. The predicted molar refractivity (Wildman–Crippen MR) is 84.5 cm³/mol. The summed E-state index contributed by atoms with van der Waals surface area (Å²) in [6.07, 6.45) is -0.654. The Balaban J connectivity index is 1.93. The van der Waals surface area contributed by atoms with Crippen LogP contribution in [0.4, 0.5) is 0 Å². The number of rotatable bonds is 6. The molecule has 20 heavy (non-hydrogen) atoms. The number of nitrogens with one attached hydrogen (secondary N) is 1. The largest absolute Gasteiger partial charge is 0.387 e. The molecule has 2 aromatic rings. The molecule has 0 aliphatic rings. The third-order valence-corrected chi connectivity index (χ3v) is 4.37. The molecule has 1 unspecified atom stereocenters. The first-order chi connectivity index (χ1) is 9.70. The van der Waals surface area contributed by atoms with Crippen molar-refractivity contribution in [3.8, 4) is 0 Å². The minimum atomic E-state index is -0.654. The summed E-state index contributed by atoms with van der Waals surface area (Å²) >= 11 is 3.23. The second kappa shape index (κ2) is 7.47. The monoisotopic (exact) mass is 307 g/mol. The molecule has 5 heteroatoms. The van der Waals surface area contributed by atoms with Crippen LogP contribution < -0.4 is 5.32 Å². The second-order valence-corrected chi connectivity index (χ2v) is 6.36. The molecule has 0 spiro atoms. The fraction of sp³-hybridized carbons (Fsp3) is 0.267. The molecule has 0 bridgehead atoms. The van der Waals surface area contributed by atoms with Gasteiger partial charge < -0.3 is 10.4 Å². The summed E-state index contributed by atoms with van der Waals surface area (Å²) in [5.41, 5.74) is 1.46. The number of carbonyl (C=O) groups excluding carboxylic acids is 1. The lowest BCUT2D eigenvalue weighted by Gasteiger charge is -2.11. The van der Waals surface area contributed by atoms with Crippen molar-refractivity contribution in [3.05, 3.63) is 52.2 Å². The molecule has 1 amide bonds. The van der Waals surface area contributed by atoms with Gasteiger partial charge in [0.25, 0.3) is 5.91 Å². The second-order valence-electron chi connectivity index (χ2n) is 4.24. The van der Waals surface area contributed by atoms with Gasteiger partial charge in [0.2, 0.25) is 0 Å². The van der Waals surface area contributed by atoms with Crippen molar-refractivity contribution < 1.29 is 9.90 Å². The zero-order valence-corrected chi connectivity index (χ0v) is 12.8. The van der Waals surface area contributed by atoms with Gasteiger partial charge in [0.1, 0.15) is 0 Å². The lowest BCUT2D eigenvalue weighted by molar-refractivity contribution is 0.0916. The lowest BCUT2D eigenvalue weighted by Crippen LogP contribution is -2.28. The maximum absolute atomic E-state index is 12.0. The van der Waals surface area contributed by atoms with Gasteiger partial charge >= 0.3 is 0 Å². The summed E-state index contributed by atoms with van der Waals surface area (Å²) in [6.45, 7) is 2.30. The summed E-state index contributed by atoms with van der Waals surface area (Å²) in [5.74, 6) is 0.819. The van der Waals surface area contributed by atoms with Gasteiger partial charge in [-0.1, -0.05) is 13.0 Å². The van der Waals surface area contributed by atoms with E-state index in [-0.39, 0.29) is 12.5 Å². The van der Waals surface area contributed by atoms with Crippen molar-refractivity contribution in [1.82, 2.24) is 5.32 Å². The molecule has 0 aliphatic carbocycles. The van der Waals surface area contributed by atoms with Crippen LogP contribution in [0.2, 0.25) is 0 Å². The van der Waals surface area contributed by atoms with Crippen molar-refractivity contribution in [2.45, 2.75) is 17.9 Å². The highest BCUT2D eigenvalue weighted by Crippen LogP contribution is 2.19. The average Bonchev–Trinajstić information content (AvgIpc) is 2.99. The van der Waals surface area contributed by atoms with E-state index in [0.717, 1.165) is 16.2 Å². The number of benzene rings is 1. The topological polar surface area (TPSA) is 49.3 Å². The number of carbonyl (C=O) groups is 1. The quantitative estimate of drug-likeness (QED) is 0.805. The molecule has 0 saturated heterocycles. The Bertz CT molecular complexity index is 555.